The van der Waals surface area contributed by atoms with E-state index in [-0.39, 0.29) is 5.91 Å². The van der Waals surface area contributed by atoms with E-state index in [0.717, 1.165) is 16.8 Å². The van der Waals surface area contributed by atoms with E-state index in [1.807, 2.05) is 54.6 Å². The number of nitrogens with zero attached hydrogens (tertiary/aromatic N) is 2. The van der Waals surface area contributed by atoms with E-state index < -0.39 is 17.7 Å². The topological polar surface area (TPSA) is 82.0 Å². The van der Waals surface area contributed by atoms with Crippen molar-refractivity contribution in [2.45, 2.75) is 25.6 Å². The zero-order valence-electron chi connectivity index (χ0n) is 14.9. The fraction of sp³-hybridized carbons (Fsp3) is 0.250. The summed E-state index contributed by atoms with van der Waals surface area (Å²) < 4.78 is 0. The van der Waals surface area contributed by atoms with Crippen LogP contribution in [0, 0.1) is 0 Å². The molecule has 1 aliphatic heterocycles. The maximum atomic E-state index is 12.9. The van der Waals surface area contributed by atoms with Gasteiger partial charge >= 0.3 is 5.97 Å². The molecule has 0 spiro atoms. The highest BCUT2D eigenvalue weighted by Gasteiger charge is 2.36. The van der Waals surface area contributed by atoms with Crippen molar-refractivity contribution in [1.29, 1.82) is 0 Å². The normalized spacial score (nSPS) is 17.3. The van der Waals surface area contributed by atoms with Crippen LogP contribution in [-0.2, 0) is 9.59 Å². The Morgan fingerprint density at radius 3 is 2.38 bits per heavy atom. The molecule has 0 radical (unpaired) electrons. The molecule has 6 nitrogen and oxygen atoms in total. The van der Waals surface area contributed by atoms with Gasteiger partial charge in [0.2, 0.25) is 0 Å². The van der Waals surface area contributed by atoms with Crippen LogP contribution in [0.5, 0.6) is 0 Å². The zero-order valence-corrected chi connectivity index (χ0v) is 14.9. The van der Waals surface area contributed by atoms with Crippen molar-refractivity contribution in [3.63, 3.8) is 0 Å². The van der Waals surface area contributed by atoms with Crippen LogP contribution in [0.15, 0.2) is 59.6 Å². The fourth-order valence-electron chi connectivity index (χ4n) is 2.85. The van der Waals surface area contributed by atoms with Gasteiger partial charge in [0, 0.05) is 18.2 Å². The van der Waals surface area contributed by atoms with E-state index >= 15 is 0 Å². The minimum atomic E-state index is -1.30. The van der Waals surface area contributed by atoms with E-state index in [2.05, 4.69) is 10.3 Å². The average molecular weight is 351 g/mol. The number of likely N-dealkylation sites (N-methyl/N-ethyl adjacent to an activating group) is 1. The van der Waals surface area contributed by atoms with Gasteiger partial charge < -0.3 is 10.0 Å². The Labute approximate surface area is 152 Å². The summed E-state index contributed by atoms with van der Waals surface area (Å²) in [6, 6.07) is 17.1. The number of benzene rings is 2. The molecule has 0 saturated carbocycles. The van der Waals surface area contributed by atoms with Gasteiger partial charge in [-0.2, -0.15) is 0 Å². The zero-order chi connectivity index (χ0) is 18.9. The Morgan fingerprint density at radius 2 is 1.73 bits per heavy atom. The van der Waals surface area contributed by atoms with Crippen molar-refractivity contribution < 1.29 is 14.7 Å². The van der Waals surface area contributed by atoms with Gasteiger partial charge in [-0.3, -0.25) is 19.9 Å². The minimum Gasteiger partial charge on any atom is -0.480 e. The summed E-state index contributed by atoms with van der Waals surface area (Å²) in [6.45, 7) is 3.02. The molecule has 2 aromatic carbocycles. The summed E-state index contributed by atoms with van der Waals surface area (Å²) in [7, 11) is 1.67. The fourth-order valence-corrected chi connectivity index (χ4v) is 2.85. The molecule has 2 aromatic rings. The molecule has 1 amide bonds. The number of carboxylic acids is 1. The highest BCUT2D eigenvalue weighted by atomic mass is 16.4. The Bertz CT molecular complexity index is 875. The van der Waals surface area contributed by atoms with Gasteiger partial charge in [-0.25, -0.2) is 0 Å². The number of carboxylic acid groups (broad SMARTS) is 1. The number of hydrogen-bond donors (Lipinski definition) is 2. The average Bonchev–Trinajstić information content (AvgIpc) is 2.73. The molecule has 0 aliphatic carbocycles. The predicted molar refractivity (Wildman–Crippen MR) is 101 cm³/mol. The molecule has 0 fully saturated rings. The number of nitrogens with one attached hydrogen (secondary N) is 1. The summed E-state index contributed by atoms with van der Waals surface area (Å²) >= 11 is 0. The predicted octanol–water partition coefficient (Wildman–Crippen LogP) is 2.28. The number of benzodiazepines with no additional fused rings is 1. The van der Waals surface area contributed by atoms with Crippen LogP contribution >= 0.6 is 0 Å². The Balaban J connectivity index is 2.16. The number of hydrogen-bond acceptors (Lipinski definition) is 4. The molecular weight excluding hydrogens is 330 g/mol. The molecule has 1 unspecified atom stereocenters. The number of para-hydroxylation sites is 1. The first-order valence-electron chi connectivity index (χ1n) is 8.32. The summed E-state index contributed by atoms with van der Waals surface area (Å²) in [5.41, 5.74) is 1.77. The Hall–Kier alpha value is -2.99. The summed E-state index contributed by atoms with van der Waals surface area (Å²) in [5.74, 6) is -1.36. The number of aliphatic carboxylic acids is 1. The monoisotopic (exact) mass is 351 g/mol. The molecular formula is C20H21N3O3. The first-order chi connectivity index (χ1) is 12.3. The Morgan fingerprint density at radius 1 is 1.12 bits per heavy atom. The van der Waals surface area contributed by atoms with Crippen LogP contribution in [-0.4, -0.2) is 41.4 Å². The summed E-state index contributed by atoms with van der Waals surface area (Å²) in [6.07, 6.45) is -1.01. The van der Waals surface area contributed by atoms with Crippen molar-refractivity contribution in [1.82, 2.24) is 5.32 Å². The largest absolute Gasteiger partial charge is 0.480 e. The molecule has 1 atom stereocenters. The molecule has 26 heavy (non-hydrogen) atoms. The number of carbonyl (C=O) groups excluding carboxylic acids is 1. The van der Waals surface area contributed by atoms with Crippen LogP contribution < -0.4 is 10.2 Å². The highest BCUT2D eigenvalue weighted by molar-refractivity contribution is 6.20. The van der Waals surface area contributed by atoms with E-state index in [1.165, 1.54) is 18.7 Å². The lowest BCUT2D eigenvalue weighted by Crippen LogP contribution is -2.56. The van der Waals surface area contributed by atoms with Crippen LogP contribution in [0.2, 0.25) is 0 Å². The third-order valence-corrected chi connectivity index (χ3v) is 4.42. The van der Waals surface area contributed by atoms with Gasteiger partial charge in [-0.1, -0.05) is 48.5 Å². The lowest BCUT2D eigenvalue weighted by molar-refractivity contribution is -0.144. The quantitative estimate of drug-likeness (QED) is 0.885. The van der Waals surface area contributed by atoms with Crippen molar-refractivity contribution in [3.8, 4) is 0 Å². The van der Waals surface area contributed by atoms with Crippen molar-refractivity contribution in [2.75, 3.05) is 11.9 Å². The van der Waals surface area contributed by atoms with Gasteiger partial charge in [-0.05, 0) is 19.9 Å². The molecule has 1 heterocycles. The third kappa shape index (κ3) is 3.23. The molecule has 0 saturated heterocycles. The molecule has 0 bridgehead atoms. The number of rotatable bonds is 4. The van der Waals surface area contributed by atoms with Crippen LogP contribution in [0.25, 0.3) is 0 Å². The third-order valence-electron chi connectivity index (χ3n) is 4.42. The summed E-state index contributed by atoms with van der Waals surface area (Å²) in [5, 5.41) is 12.3. The maximum Gasteiger partial charge on any atom is 0.323 e. The van der Waals surface area contributed by atoms with Gasteiger partial charge in [-0.15, -0.1) is 0 Å². The minimum absolute atomic E-state index is 0.308. The summed E-state index contributed by atoms with van der Waals surface area (Å²) in [4.78, 5) is 30.6. The molecule has 3 rings (SSSR count). The standard InChI is InChI=1S/C20H21N3O3/c1-20(2,19(25)26)22-17-18(24)23(3)15-12-8-7-11-14(15)16(21-17)13-9-5-4-6-10-13/h4-12,17,22H,1-3H3,(H,25,26). The smallest absolute Gasteiger partial charge is 0.323 e. The maximum absolute atomic E-state index is 12.9. The van der Waals surface area contributed by atoms with Crippen LogP contribution in [0.3, 0.4) is 0 Å². The molecule has 0 aromatic heterocycles. The van der Waals surface area contributed by atoms with Crippen molar-refractivity contribution in [2.24, 2.45) is 4.99 Å². The lowest BCUT2D eigenvalue weighted by Gasteiger charge is -2.27. The van der Waals surface area contributed by atoms with E-state index in [1.54, 1.807) is 7.05 Å². The van der Waals surface area contributed by atoms with E-state index in [9.17, 15) is 14.7 Å². The van der Waals surface area contributed by atoms with Crippen LogP contribution in [0.1, 0.15) is 25.0 Å². The van der Waals surface area contributed by atoms with Gasteiger partial charge in [0.25, 0.3) is 5.91 Å². The number of aliphatic imine (C=N–C) groups is 1. The first-order valence-corrected chi connectivity index (χ1v) is 8.32. The second-order valence-corrected chi connectivity index (χ2v) is 6.74. The van der Waals surface area contributed by atoms with Gasteiger partial charge in [0.15, 0.2) is 6.17 Å². The molecule has 134 valence electrons. The van der Waals surface area contributed by atoms with E-state index in [0.29, 0.717) is 5.71 Å². The number of anilines is 1. The van der Waals surface area contributed by atoms with Gasteiger partial charge in [0.05, 0.1) is 11.4 Å². The molecule has 2 N–H and O–H groups in total. The molecule has 6 heteroatoms. The van der Waals surface area contributed by atoms with Crippen molar-refractivity contribution >= 4 is 23.3 Å². The van der Waals surface area contributed by atoms with E-state index in [4.69, 9.17) is 0 Å². The second-order valence-electron chi connectivity index (χ2n) is 6.74. The van der Waals surface area contributed by atoms with Gasteiger partial charge in [0.1, 0.15) is 5.54 Å². The number of fused-ring (bicyclic) bond motifs is 1. The first kappa shape index (κ1) is 17.8. The number of carbonyl (C=O) groups is 2. The van der Waals surface area contributed by atoms with Crippen LogP contribution in [0.4, 0.5) is 5.69 Å². The van der Waals surface area contributed by atoms with Crippen molar-refractivity contribution in [3.05, 3.63) is 65.7 Å². The lowest BCUT2D eigenvalue weighted by atomic mass is 10.0. The highest BCUT2D eigenvalue weighted by Crippen LogP contribution is 2.27. The molecule has 1 aliphatic rings. The SMILES string of the molecule is CN1C(=O)C(NC(C)(C)C(=O)O)N=C(c2ccccc2)c2ccccc21. The number of amides is 1. The Kier molecular flexibility index (Phi) is 4.61. The second kappa shape index (κ2) is 6.72.